The van der Waals surface area contributed by atoms with Crippen LogP contribution in [-0.4, -0.2) is 24.6 Å². The van der Waals surface area contributed by atoms with Crippen molar-refractivity contribution in [1.29, 1.82) is 0 Å². The van der Waals surface area contributed by atoms with Gasteiger partial charge in [0.1, 0.15) is 5.82 Å². The first-order valence-corrected chi connectivity index (χ1v) is 9.66. The number of anilines is 1. The fourth-order valence-electron chi connectivity index (χ4n) is 3.55. The Morgan fingerprint density at radius 3 is 2.23 bits per heavy atom. The van der Waals surface area contributed by atoms with Gasteiger partial charge in [-0.1, -0.05) is 30.3 Å². The molecule has 3 heterocycles. The topological polar surface area (TPSA) is 108 Å². The van der Waals surface area contributed by atoms with E-state index in [0.29, 0.717) is 11.5 Å². The van der Waals surface area contributed by atoms with Crippen LogP contribution in [0.25, 0.3) is 39.2 Å². The first kappa shape index (κ1) is 18.2. The van der Waals surface area contributed by atoms with E-state index in [1.54, 1.807) is 18.5 Å². The van der Waals surface area contributed by atoms with Crippen molar-refractivity contribution in [1.82, 2.24) is 24.6 Å². The molecular formula is C23H21N7. The van der Waals surface area contributed by atoms with E-state index in [-0.39, 0.29) is 0 Å². The van der Waals surface area contributed by atoms with Crippen molar-refractivity contribution in [3.63, 3.8) is 0 Å². The van der Waals surface area contributed by atoms with Crippen LogP contribution in [0.5, 0.6) is 0 Å². The molecule has 0 fully saturated rings. The van der Waals surface area contributed by atoms with Crippen LogP contribution in [0.3, 0.4) is 0 Å². The van der Waals surface area contributed by atoms with E-state index in [2.05, 4.69) is 26.2 Å². The van der Waals surface area contributed by atoms with Gasteiger partial charge in [-0.2, -0.15) is 0 Å². The van der Waals surface area contributed by atoms with Crippen LogP contribution in [0.2, 0.25) is 0 Å². The van der Waals surface area contributed by atoms with Gasteiger partial charge in [0.15, 0.2) is 11.5 Å². The summed E-state index contributed by atoms with van der Waals surface area (Å²) in [6, 6.07) is 18.0. The summed E-state index contributed by atoms with van der Waals surface area (Å²) in [6.07, 6.45) is 3.51. The van der Waals surface area contributed by atoms with E-state index in [1.165, 1.54) is 0 Å². The van der Waals surface area contributed by atoms with E-state index >= 15 is 0 Å². The van der Waals surface area contributed by atoms with Crippen LogP contribution in [0.1, 0.15) is 19.4 Å². The number of hydrogen-bond acceptors (Lipinski definition) is 6. The van der Waals surface area contributed by atoms with Gasteiger partial charge < -0.3 is 11.5 Å². The highest BCUT2D eigenvalue weighted by Crippen LogP contribution is 2.28. The average Bonchev–Trinajstić information content (AvgIpc) is 3.18. The van der Waals surface area contributed by atoms with Crippen LogP contribution >= 0.6 is 0 Å². The molecule has 7 nitrogen and oxygen atoms in total. The number of aromatic nitrogens is 5. The smallest absolute Gasteiger partial charge is 0.180 e. The van der Waals surface area contributed by atoms with Crippen LogP contribution in [-0.2, 0) is 5.54 Å². The van der Waals surface area contributed by atoms with E-state index in [1.807, 2.05) is 60.7 Å². The highest BCUT2D eigenvalue weighted by Gasteiger charge is 2.16. The van der Waals surface area contributed by atoms with Gasteiger partial charge >= 0.3 is 0 Å². The Labute approximate surface area is 173 Å². The lowest BCUT2D eigenvalue weighted by molar-refractivity contribution is 0.554. The number of pyridine rings is 1. The normalized spacial score (nSPS) is 12.0. The van der Waals surface area contributed by atoms with Gasteiger partial charge in [-0.05, 0) is 49.2 Å². The summed E-state index contributed by atoms with van der Waals surface area (Å²) in [4.78, 5) is 8.74. The Hall–Kier alpha value is -3.84. The second-order valence-electron chi connectivity index (χ2n) is 7.95. The highest BCUT2D eigenvalue weighted by atomic mass is 15.3. The molecule has 0 saturated carbocycles. The van der Waals surface area contributed by atoms with Gasteiger partial charge in [-0.25, -0.2) is 4.98 Å². The quantitative estimate of drug-likeness (QED) is 0.481. The fourth-order valence-corrected chi connectivity index (χ4v) is 3.55. The first-order valence-electron chi connectivity index (χ1n) is 9.66. The SMILES string of the molecule is CC(C)(N)c1ccc(-c2nnc3cnc4ccc(-c5ccc(N)nc5)cc4n23)cc1. The van der Waals surface area contributed by atoms with Gasteiger partial charge in [-0.3, -0.25) is 9.38 Å². The van der Waals surface area contributed by atoms with Crippen molar-refractivity contribution in [3.05, 3.63) is 72.6 Å². The van der Waals surface area contributed by atoms with E-state index in [9.17, 15) is 0 Å². The van der Waals surface area contributed by atoms with Crippen LogP contribution in [0.15, 0.2) is 67.0 Å². The van der Waals surface area contributed by atoms with Gasteiger partial charge in [0.25, 0.3) is 0 Å². The number of nitrogens with two attached hydrogens (primary N) is 2. The fraction of sp³-hybridized carbons (Fsp3) is 0.130. The minimum absolute atomic E-state index is 0.399. The molecule has 2 aromatic carbocycles. The van der Waals surface area contributed by atoms with Crippen molar-refractivity contribution < 1.29 is 0 Å². The van der Waals surface area contributed by atoms with Crippen LogP contribution < -0.4 is 11.5 Å². The van der Waals surface area contributed by atoms with E-state index < -0.39 is 5.54 Å². The molecule has 0 saturated heterocycles. The zero-order valence-corrected chi connectivity index (χ0v) is 16.7. The number of hydrogen-bond donors (Lipinski definition) is 2. The van der Waals surface area contributed by atoms with Crippen molar-refractivity contribution >= 4 is 22.5 Å². The lowest BCUT2D eigenvalue weighted by Crippen LogP contribution is -2.28. The van der Waals surface area contributed by atoms with Crippen molar-refractivity contribution in [3.8, 4) is 22.5 Å². The van der Waals surface area contributed by atoms with E-state index in [4.69, 9.17) is 11.5 Å². The molecule has 0 aliphatic carbocycles. The van der Waals surface area contributed by atoms with E-state index in [0.717, 1.165) is 39.1 Å². The molecule has 0 amide bonds. The molecule has 0 unspecified atom stereocenters. The molecule has 30 heavy (non-hydrogen) atoms. The number of nitrogen functional groups attached to an aromatic ring is 1. The Morgan fingerprint density at radius 1 is 0.800 bits per heavy atom. The zero-order chi connectivity index (χ0) is 20.9. The lowest BCUT2D eigenvalue weighted by atomic mass is 9.95. The first-order chi connectivity index (χ1) is 14.4. The number of rotatable bonds is 3. The molecule has 3 aromatic heterocycles. The monoisotopic (exact) mass is 395 g/mol. The molecule has 4 N–H and O–H groups in total. The standard InChI is InChI=1S/C23H21N7/c1-23(2,25)17-7-3-14(4-8-17)22-29-28-21-13-26-18-9-5-15(11-19(18)30(21)22)16-6-10-20(24)27-12-16/h3-13H,25H2,1-2H3,(H2,24,27). The minimum Gasteiger partial charge on any atom is -0.384 e. The molecular weight excluding hydrogens is 374 g/mol. The maximum absolute atomic E-state index is 6.22. The molecule has 0 atom stereocenters. The lowest BCUT2D eigenvalue weighted by Gasteiger charge is -2.19. The Morgan fingerprint density at radius 2 is 1.53 bits per heavy atom. The largest absolute Gasteiger partial charge is 0.384 e. The molecule has 5 aromatic rings. The second-order valence-corrected chi connectivity index (χ2v) is 7.95. The van der Waals surface area contributed by atoms with Crippen molar-refractivity contribution in [2.75, 3.05) is 5.73 Å². The molecule has 0 aliphatic rings. The molecule has 0 bridgehead atoms. The zero-order valence-electron chi connectivity index (χ0n) is 16.7. The molecule has 7 heteroatoms. The van der Waals surface area contributed by atoms with Crippen LogP contribution in [0, 0.1) is 0 Å². The molecule has 0 aliphatic heterocycles. The molecule has 0 spiro atoms. The molecule has 5 rings (SSSR count). The molecule has 0 radical (unpaired) electrons. The van der Waals surface area contributed by atoms with Crippen molar-refractivity contribution in [2.45, 2.75) is 19.4 Å². The Bertz CT molecular complexity index is 1360. The summed E-state index contributed by atoms with van der Waals surface area (Å²) in [5.41, 5.74) is 18.0. The summed E-state index contributed by atoms with van der Waals surface area (Å²) >= 11 is 0. The Kier molecular flexibility index (Phi) is 4.01. The maximum atomic E-state index is 6.22. The van der Waals surface area contributed by atoms with Gasteiger partial charge in [0.05, 0.1) is 17.2 Å². The van der Waals surface area contributed by atoms with Crippen molar-refractivity contribution in [2.24, 2.45) is 5.73 Å². The Balaban J connectivity index is 1.70. The minimum atomic E-state index is -0.399. The third-order valence-corrected chi connectivity index (χ3v) is 5.23. The van der Waals surface area contributed by atoms with Gasteiger partial charge in [0.2, 0.25) is 0 Å². The highest BCUT2D eigenvalue weighted by molar-refractivity contribution is 5.85. The predicted molar refractivity (Wildman–Crippen MR) is 119 cm³/mol. The predicted octanol–water partition coefficient (Wildman–Crippen LogP) is 3.78. The summed E-state index contributed by atoms with van der Waals surface area (Å²) in [5, 5.41) is 8.76. The molecule has 148 valence electrons. The van der Waals surface area contributed by atoms with Gasteiger partial charge in [-0.15, -0.1) is 10.2 Å². The second kappa shape index (κ2) is 6.60. The number of nitrogens with zero attached hydrogens (tertiary/aromatic N) is 5. The average molecular weight is 395 g/mol. The number of fused-ring (bicyclic) bond motifs is 3. The third-order valence-electron chi connectivity index (χ3n) is 5.23. The summed E-state index contributed by atoms with van der Waals surface area (Å²) in [7, 11) is 0. The maximum Gasteiger partial charge on any atom is 0.180 e. The van der Waals surface area contributed by atoms with Crippen LogP contribution in [0.4, 0.5) is 5.82 Å². The number of benzene rings is 2. The summed E-state index contributed by atoms with van der Waals surface area (Å²) < 4.78 is 2.03. The summed E-state index contributed by atoms with van der Waals surface area (Å²) in [5.74, 6) is 1.25. The summed E-state index contributed by atoms with van der Waals surface area (Å²) in [6.45, 7) is 3.97. The third kappa shape index (κ3) is 3.05. The van der Waals surface area contributed by atoms with Gasteiger partial charge in [0, 0.05) is 22.9 Å².